The molecular formula is C11H15Cl2NO2S. The van der Waals surface area contributed by atoms with E-state index in [1.54, 1.807) is 25.1 Å². The fourth-order valence-electron chi connectivity index (χ4n) is 1.45. The van der Waals surface area contributed by atoms with Gasteiger partial charge in [0.05, 0.1) is 11.5 Å². The first-order chi connectivity index (χ1) is 7.85. The first-order valence-corrected chi connectivity index (χ1v) is 7.77. The first kappa shape index (κ1) is 14.8. The monoisotopic (exact) mass is 295 g/mol. The van der Waals surface area contributed by atoms with Crippen LogP contribution < -0.4 is 5.73 Å². The van der Waals surface area contributed by atoms with Crippen LogP contribution in [0.2, 0.25) is 10.0 Å². The Labute approximate surface area is 112 Å². The molecule has 0 aromatic heterocycles. The van der Waals surface area contributed by atoms with Crippen LogP contribution in [0.4, 0.5) is 0 Å². The van der Waals surface area contributed by atoms with E-state index in [0.717, 1.165) is 0 Å². The van der Waals surface area contributed by atoms with E-state index in [9.17, 15) is 8.42 Å². The van der Waals surface area contributed by atoms with Crippen molar-refractivity contribution in [2.24, 2.45) is 11.7 Å². The predicted molar refractivity (Wildman–Crippen MR) is 72.2 cm³/mol. The Bertz CT molecular complexity index is 468. The quantitative estimate of drug-likeness (QED) is 0.908. The van der Waals surface area contributed by atoms with Gasteiger partial charge < -0.3 is 5.73 Å². The maximum absolute atomic E-state index is 11.9. The lowest BCUT2D eigenvalue weighted by atomic mass is 10.2. The van der Waals surface area contributed by atoms with Crippen molar-refractivity contribution in [3.63, 3.8) is 0 Å². The summed E-state index contributed by atoms with van der Waals surface area (Å²) < 4.78 is 23.8. The lowest BCUT2D eigenvalue weighted by Gasteiger charge is -2.11. The molecule has 0 radical (unpaired) electrons. The van der Waals surface area contributed by atoms with Gasteiger partial charge in [-0.05, 0) is 24.6 Å². The predicted octanol–water partition coefficient (Wildman–Crippen LogP) is 2.50. The van der Waals surface area contributed by atoms with Crippen LogP contribution in [0.5, 0.6) is 0 Å². The van der Waals surface area contributed by atoms with Crippen molar-refractivity contribution in [1.29, 1.82) is 0 Å². The molecule has 0 amide bonds. The number of rotatable bonds is 5. The molecule has 3 nitrogen and oxygen atoms in total. The van der Waals surface area contributed by atoms with Crippen LogP contribution >= 0.6 is 23.2 Å². The van der Waals surface area contributed by atoms with Crippen molar-refractivity contribution in [2.45, 2.75) is 12.7 Å². The molecule has 2 N–H and O–H groups in total. The van der Waals surface area contributed by atoms with Gasteiger partial charge in [-0.1, -0.05) is 36.2 Å². The van der Waals surface area contributed by atoms with Gasteiger partial charge in [-0.25, -0.2) is 8.42 Å². The van der Waals surface area contributed by atoms with E-state index < -0.39 is 9.84 Å². The Balaban J connectivity index is 2.91. The van der Waals surface area contributed by atoms with Gasteiger partial charge in [0.2, 0.25) is 0 Å². The zero-order valence-electron chi connectivity index (χ0n) is 9.49. The Hall–Kier alpha value is -0.290. The molecule has 17 heavy (non-hydrogen) atoms. The van der Waals surface area contributed by atoms with E-state index >= 15 is 0 Å². The lowest BCUT2D eigenvalue weighted by molar-refractivity contribution is 0.573. The zero-order valence-corrected chi connectivity index (χ0v) is 11.8. The molecule has 1 aromatic rings. The molecule has 0 heterocycles. The van der Waals surface area contributed by atoms with Crippen molar-refractivity contribution >= 4 is 33.0 Å². The first-order valence-electron chi connectivity index (χ1n) is 5.19. The maximum Gasteiger partial charge on any atom is 0.154 e. The summed E-state index contributed by atoms with van der Waals surface area (Å²) in [4.78, 5) is 0. The third kappa shape index (κ3) is 4.47. The molecular weight excluding hydrogens is 281 g/mol. The van der Waals surface area contributed by atoms with Crippen LogP contribution in [-0.4, -0.2) is 20.7 Å². The fourth-order valence-corrected chi connectivity index (χ4v) is 4.01. The summed E-state index contributed by atoms with van der Waals surface area (Å²) in [6.07, 6.45) is 0. The van der Waals surface area contributed by atoms with Crippen molar-refractivity contribution in [1.82, 2.24) is 0 Å². The topological polar surface area (TPSA) is 60.2 Å². The molecule has 0 saturated carbocycles. The molecule has 0 aliphatic heterocycles. The highest BCUT2D eigenvalue weighted by molar-refractivity contribution is 7.90. The third-order valence-electron chi connectivity index (χ3n) is 2.37. The number of benzene rings is 1. The molecule has 1 unspecified atom stereocenters. The fraction of sp³-hybridized carbons (Fsp3) is 0.455. The minimum absolute atomic E-state index is 0.0467. The molecule has 6 heteroatoms. The Morgan fingerprint density at radius 1 is 1.29 bits per heavy atom. The van der Waals surface area contributed by atoms with Crippen LogP contribution in [0.1, 0.15) is 12.5 Å². The molecule has 0 saturated heterocycles. The van der Waals surface area contributed by atoms with E-state index in [1.165, 1.54) is 0 Å². The summed E-state index contributed by atoms with van der Waals surface area (Å²) in [6, 6.07) is 4.94. The Morgan fingerprint density at radius 2 is 1.82 bits per heavy atom. The van der Waals surface area contributed by atoms with Gasteiger partial charge in [-0.2, -0.15) is 0 Å². The highest BCUT2D eigenvalue weighted by atomic mass is 35.5. The number of halogens is 2. The minimum atomic E-state index is -3.24. The second-order valence-corrected chi connectivity index (χ2v) is 7.02. The average molecular weight is 296 g/mol. The largest absolute Gasteiger partial charge is 0.330 e. The Morgan fingerprint density at radius 3 is 2.29 bits per heavy atom. The summed E-state index contributed by atoms with van der Waals surface area (Å²) >= 11 is 11.9. The molecule has 0 spiro atoms. The molecule has 0 aliphatic rings. The van der Waals surface area contributed by atoms with Gasteiger partial charge in [-0.3, -0.25) is 0 Å². The summed E-state index contributed by atoms with van der Waals surface area (Å²) in [5, 5.41) is 0.753. The highest BCUT2D eigenvalue weighted by Gasteiger charge is 2.19. The van der Waals surface area contributed by atoms with Crippen LogP contribution in [0.3, 0.4) is 0 Å². The second-order valence-electron chi connectivity index (χ2n) is 4.10. The number of nitrogens with two attached hydrogens (primary N) is 1. The second kappa shape index (κ2) is 6.05. The van der Waals surface area contributed by atoms with Crippen molar-refractivity contribution < 1.29 is 8.42 Å². The summed E-state index contributed by atoms with van der Waals surface area (Å²) in [7, 11) is -3.24. The third-order valence-corrected chi connectivity index (χ3v) is 4.88. The van der Waals surface area contributed by atoms with Crippen molar-refractivity contribution in [2.75, 3.05) is 12.3 Å². The van der Waals surface area contributed by atoms with Gasteiger partial charge in [0, 0.05) is 15.6 Å². The minimum Gasteiger partial charge on any atom is -0.330 e. The number of hydrogen-bond acceptors (Lipinski definition) is 3. The maximum atomic E-state index is 11.9. The van der Waals surface area contributed by atoms with E-state index in [1.807, 2.05) is 0 Å². The number of sulfone groups is 1. The smallest absolute Gasteiger partial charge is 0.154 e. The van der Waals surface area contributed by atoms with Crippen LogP contribution in [0, 0.1) is 5.92 Å². The Kier molecular flexibility index (Phi) is 5.25. The van der Waals surface area contributed by atoms with Gasteiger partial charge >= 0.3 is 0 Å². The molecule has 1 aromatic carbocycles. The van der Waals surface area contributed by atoms with E-state index in [4.69, 9.17) is 28.9 Å². The lowest BCUT2D eigenvalue weighted by Crippen LogP contribution is -2.22. The average Bonchev–Trinajstić information content (AvgIpc) is 2.23. The van der Waals surface area contributed by atoms with Crippen LogP contribution in [0.15, 0.2) is 18.2 Å². The van der Waals surface area contributed by atoms with Crippen LogP contribution in [-0.2, 0) is 15.6 Å². The molecule has 96 valence electrons. The molecule has 0 bridgehead atoms. The van der Waals surface area contributed by atoms with Gasteiger partial charge in [0.25, 0.3) is 0 Å². The molecule has 1 atom stereocenters. The van der Waals surface area contributed by atoms with E-state index in [0.29, 0.717) is 22.2 Å². The van der Waals surface area contributed by atoms with Crippen LogP contribution in [0.25, 0.3) is 0 Å². The van der Waals surface area contributed by atoms with Crippen molar-refractivity contribution in [3.05, 3.63) is 33.8 Å². The zero-order chi connectivity index (χ0) is 13.1. The highest BCUT2D eigenvalue weighted by Crippen LogP contribution is 2.26. The SMILES string of the molecule is CC(CN)CS(=O)(=O)Cc1c(Cl)cccc1Cl. The van der Waals surface area contributed by atoms with E-state index in [2.05, 4.69) is 0 Å². The molecule has 0 fully saturated rings. The van der Waals surface area contributed by atoms with E-state index in [-0.39, 0.29) is 17.4 Å². The van der Waals surface area contributed by atoms with Crippen molar-refractivity contribution in [3.8, 4) is 0 Å². The standard InChI is InChI=1S/C11H15Cl2NO2S/c1-8(5-14)6-17(15,16)7-9-10(12)3-2-4-11(9)13/h2-4,8H,5-7,14H2,1H3. The van der Waals surface area contributed by atoms with Gasteiger partial charge in [-0.15, -0.1) is 0 Å². The van der Waals surface area contributed by atoms with Gasteiger partial charge in [0.15, 0.2) is 9.84 Å². The summed E-state index contributed by atoms with van der Waals surface area (Å²) in [5.74, 6) is -0.165. The normalized spacial score (nSPS) is 13.6. The summed E-state index contributed by atoms with van der Waals surface area (Å²) in [6.45, 7) is 2.14. The summed E-state index contributed by atoms with van der Waals surface area (Å²) in [5.41, 5.74) is 5.87. The number of hydrogen-bond donors (Lipinski definition) is 1. The molecule has 1 rings (SSSR count). The molecule has 0 aliphatic carbocycles. The van der Waals surface area contributed by atoms with Gasteiger partial charge in [0.1, 0.15) is 0 Å².